The Labute approximate surface area is 130 Å². The average Bonchev–Trinajstić information content (AvgIpc) is 2.38. The summed E-state index contributed by atoms with van der Waals surface area (Å²) in [5.74, 6) is -1.35. The van der Waals surface area contributed by atoms with Gasteiger partial charge in [-0.3, -0.25) is 4.79 Å². The van der Waals surface area contributed by atoms with Gasteiger partial charge in [0.2, 0.25) is 5.91 Å². The van der Waals surface area contributed by atoms with Crippen LogP contribution in [0.5, 0.6) is 5.75 Å². The van der Waals surface area contributed by atoms with Gasteiger partial charge in [0.15, 0.2) is 0 Å². The van der Waals surface area contributed by atoms with Crippen molar-refractivity contribution in [2.75, 3.05) is 6.61 Å². The van der Waals surface area contributed by atoms with Crippen LogP contribution in [-0.2, 0) is 20.7 Å². The van der Waals surface area contributed by atoms with E-state index in [-0.39, 0.29) is 36.7 Å². The maximum atomic E-state index is 11.9. The summed E-state index contributed by atoms with van der Waals surface area (Å²) in [6, 6.07) is 5.22. The average molecular weight is 309 g/mol. The predicted octanol–water partition coefficient (Wildman–Crippen LogP) is 1.71. The minimum absolute atomic E-state index is 0.0597. The van der Waals surface area contributed by atoms with Crippen LogP contribution in [0.4, 0.5) is 0 Å². The Morgan fingerprint density at radius 2 is 1.82 bits per heavy atom. The van der Waals surface area contributed by atoms with Crippen molar-refractivity contribution in [3.63, 3.8) is 0 Å². The smallest absolute Gasteiger partial charge is 0.326 e. The van der Waals surface area contributed by atoms with E-state index >= 15 is 0 Å². The second kappa shape index (κ2) is 7.79. The number of carbonyl (C=O) groups is 2. The quantitative estimate of drug-likeness (QED) is 0.712. The van der Waals surface area contributed by atoms with Gasteiger partial charge in [-0.2, -0.15) is 0 Å². The van der Waals surface area contributed by atoms with Crippen LogP contribution in [0.3, 0.4) is 0 Å². The minimum atomic E-state index is -1.09. The standard InChI is InChI=1S/C16H23NO5/c1-16(2,3)22-9-8-13(15(20)21)17-14(19)10-11-4-6-12(18)7-5-11/h4-7,13,18H,8-10H2,1-3H3,(H,17,19)(H,20,21). The summed E-state index contributed by atoms with van der Waals surface area (Å²) in [6.45, 7) is 5.89. The van der Waals surface area contributed by atoms with Crippen molar-refractivity contribution in [3.8, 4) is 5.75 Å². The summed E-state index contributed by atoms with van der Waals surface area (Å²) >= 11 is 0. The first-order chi connectivity index (χ1) is 10.2. The molecule has 0 heterocycles. The van der Waals surface area contributed by atoms with Gasteiger partial charge in [-0.05, 0) is 38.5 Å². The second-order valence-corrected chi connectivity index (χ2v) is 6.05. The number of nitrogens with one attached hydrogen (secondary N) is 1. The van der Waals surface area contributed by atoms with Gasteiger partial charge in [-0.25, -0.2) is 4.79 Å². The van der Waals surface area contributed by atoms with Crippen LogP contribution >= 0.6 is 0 Å². The number of carbonyl (C=O) groups excluding carboxylic acids is 1. The molecule has 0 saturated carbocycles. The second-order valence-electron chi connectivity index (χ2n) is 6.05. The zero-order valence-corrected chi connectivity index (χ0v) is 13.1. The molecule has 1 rings (SSSR count). The highest BCUT2D eigenvalue weighted by atomic mass is 16.5. The van der Waals surface area contributed by atoms with Crippen molar-refractivity contribution in [2.24, 2.45) is 0 Å². The molecule has 0 aromatic heterocycles. The number of amides is 1. The van der Waals surface area contributed by atoms with Crippen molar-refractivity contribution < 1.29 is 24.5 Å². The molecule has 0 bridgehead atoms. The van der Waals surface area contributed by atoms with Gasteiger partial charge in [-0.15, -0.1) is 0 Å². The first-order valence-electron chi connectivity index (χ1n) is 7.11. The molecule has 0 fully saturated rings. The molecule has 22 heavy (non-hydrogen) atoms. The number of carboxylic acid groups (broad SMARTS) is 1. The summed E-state index contributed by atoms with van der Waals surface area (Å²) in [7, 11) is 0. The van der Waals surface area contributed by atoms with Crippen LogP contribution in [-0.4, -0.2) is 40.3 Å². The third kappa shape index (κ3) is 7.08. The molecule has 0 saturated heterocycles. The van der Waals surface area contributed by atoms with Gasteiger partial charge in [0.25, 0.3) is 0 Å². The van der Waals surface area contributed by atoms with Gasteiger partial charge in [0, 0.05) is 13.0 Å². The van der Waals surface area contributed by atoms with Gasteiger partial charge < -0.3 is 20.3 Å². The molecule has 6 nitrogen and oxygen atoms in total. The molecular formula is C16H23NO5. The van der Waals surface area contributed by atoms with E-state index in [9.17, 15) is 14.7 Å². The van der Waals surface area contributed by atoms with Crippen molar-refractivity contribution >= 4 is 11.9 Å². The minimum Gasteiger partial charge on any atom is -0.508 e. The Balaban J connectivity index is 2.50. The third-order valence-corrected chi connectivity index (χ3v) is 2.88. The third-order valence-electron chi connectivity index (χ3n) is 2.88. The summed E-state index contributed by atoms with van der Waals surface area (Å²) in [6.07, 6.45) is 0.262. The van der Waals surface area contributed by atoms with E-state index in [4.69, 9.17) is 9.84 Å². The lowest BCUT2D eigenvalue weighted by Crippen LogP contribution is -2.42. The number of aromatic hydroxyl groups is 1. The van der Waals surface area contributed by atoms with Crippen LogP contribution in [0, 0.1) is 0 Å². The van der Waals surface area contributed by atoms with Gasteiger partial charge in [-0.1, -0.05) is 12.1 Å². The van der Waals surface area contributed by atoms with E-state index in [0.29, 0.717) is 5.56 Å². The zero-order chi connectivity index (χ0) is 16.8. The Morgan fingerprint density at radius 1 is 1.23 bits per heavy atom. The van der Waals surface area contributed by atoms with E-state index in [1.165, 1.54) is 12.1 Å². The van der Waals surface area contributed by atoms with E-state index in [1.54, 1.807) is 12.1 Å². The maximum absolute atomic E-state index is 11.9. The fourth-order valence-electron chi connectivity index (χ4n) is 1.78. The van der Waals surface area contributed by atoms with Crippen molar-refractivity contribution in [3.05, 3.63) is 29.8 Å². The van der Waals surface area contributed by atoms with Crippen LogP contribution in [0.1, 0.15) is 32.8 Å². The number of rotatable bonds is 7. The summed E-state index contributed by atoms with van der Waals surface area (Å²) in [5.41, 5.74) is 0.351. The molecular weight excluding hydrogens is 286 g/mol. The summed E-state index contributed by atoms with van der Waals surface area (Å²) in [4.78, 5) is 23.1. The van der Waals surface area contributed by atoms with E-state index in [2.05, 4.69) is 5.32 Å². The highest BCUT2D eigenvalue weighted by Gasteiger charge is 2.21. The number of carboxylic acids is 1. The number of hydrogen-bond acceptors (Lipinski definition) is 4. The lowest BCUT2D eigenvalue weighted by Gasteiger charge is -2.21. The number of hydrogen-bond donors (Lipinski definition) is 3. The van der Waals surface area contributed by atoms with E-state index in [1.807, 2.05) is 20.8 Å². The van der Waals surface area contributed by atoms with Gasteiger partial charge in [0.05, 0.1) is 12.0 Å². The van der Waals surface area contributed by atoms with E-state index in [0.717, 1.165) is 0 Å². The number of benzene rings is 1. The predicted molar refractivity (Wildman–Crippen MR) is 81.7 cm³/mol. The number of aliphatic carboxylic acids is 1. The monoisotopic (exact) mass is 309 g/mol. The fraction of sp³-hybridized carbons (Fsp3) is 0.500. The van der Waals surface area contributed by atoms with Crippen molar-refractivity contribution in [1.82, 2.24) is 5.32 Å². The van der Waals surface area contributed by atoms with Gasteiger partial charge in [0.1, 0.15) is 11.8 Å². The molecule has 1 unspecified atom stereocenters. The molecule has 0 spiro atoms. The number of phenolic OH excluding ortho intramolecular Hbond substituents is 1. The first-order valence-corrected chi connectivity index (χ1v) is 7.11. The van der Waals surface area contributed by atoms with E-state index < -0.39 is 12.0 Å². The Kier molecular flexibility index (Phi) is 6.37. The van der Waals surface area contributed by atoms with Crippen LogP contribution < -0.4 is 5.32 Å². The molecule has 122 valence electrons. The molecule has 1 aromatic carbocycles. The largest absolute Gasteiger partial charge is 0.508 e. The topological polar surface area (TPSA) is 95.9 Å². The van der Waals surface area contributed by atoms with Crippen LogP contribution in [0.2, 0.25) is 0 Å². The van der Waals surface area contributed by atoms with Crippen LogP contribution in [0.15, 0.2) is 24.3 Å². The van der Waals surface area contributed by atoms with Crippen molar-refractivity contribution in [2.45, 2.75) is 45.3 Å². The Morgan fingerprint density at radius 3 is 2.32 bits per heavy atom. The molecule has 1 atom stereocenters. The molecule has 0 aliphatic heterocycles. The molecule has 0 aliphatic rings. The first kappa shape index (κ1) is 18.0. The highest BCUT2D eigenvalue weighted by Crippen LogP contribution is 2.11. The molecule has 0 aliphatic carbocycles. The molecule has 0 radical (unpaired) electrons. The Hall–Kier alpha value is -2.08. The normalized spacial score (nSPS) is 12.7. The molecule has 6 heteroatoms. The maximum Gasteiger partial charge on any atom is 0.326 e. The Bertz CT molecular complexity index is 504. The number of phenols is 1. The fourth-order valence-corrected chi connectivity index (χ4v) is 1.78. The lowest BCUT2D eigenvalue weighted by atomic mass is 10.1. The van der Waals surface area contributed by atoms with Crippen molar-refractivity contribution in [1.29, 1.82) is 0 Å². The van der Waals surface area contributed by atoms with Gasteiger partial charge >= 0.3 is 5.97 Å². The SMILES string of the molecule is CC(C)(C)OCCC(NC(=O)Cc1ccc(O)cc1)C(=O)O. The van der Waals surface area contributed by atoms with Crippen LogP contribution in [0.25, 0.3) is 0 Å². The summed E-state index contributed by atoms with van der Waals surface area (Å²) in [5, 5.41) is 20.8. The molecule has 3 N–H and O–H groups in total. The molecule has 1 amide bonds. The number of ether oxygens (including phenoxy) is 1. The molecule has 1 aromatic rings. The lowest BCUT2D eigenvalue weighted by molar-refractivity contribution is -0.142. The highest BCUT2D eigenvalue weighted by molar-refractivity contribution is 5.84. The summed E-state index contributed by atoms with van der Waals surface area (Å²) < 4.78 is 5.48. The zero-order valence-electron chi connectivity index (χ0n) is 13.1.